The van der Waals surface area contributed by atoms with E-state index in [0.29, 0.717) is 0 Å². The number of hydrogen-bond acceptors (Lipinski definition) is 8. The van der Waals surface area contributed by atoms with Gasteiger partial charge in [0.25, 0.3) is 0 Å². The molecule has 4 aromatic rings. The minimum Gasteiger partial charge on any atom is -0.486 e. The monoisotopic (exact) mass is 745 g/mol. The molecule has 10 nitrogen and oxygen atoms in total. The third-order valence-corrected chi connectivity index (χ3v) is 9.25. The Bertz CT molecular complexity index is 1840. The molecule has 0 fully saturated rings. The molecule has 0 saturated heterocycles. The van der Waals surface area contributed by atoms with Crippen molar-refractivity contribution in [2.75, 3.05) is 5.73 Å². The molecule has 1 aliphatic heterocycles. The van der Waals surface area contributed by atoms with Gasteiger partial charge in [0.2, 0.25) is 12.2 Å². The quantitative estimate of drug-likeness (QED) is 0.122. The van der Waals surface area contributed by atoms with Gasteiger partial charge in [0.05, 0.1) is 17.0 Å². The number of carbonyl (C=O) groups is 4. The van der Waals surface area contributed by atoms with Crippen LogP contribution in [0.25, 0.3) is 0 Å². The van der Waals surface area contributed by atoms with Gasteiger partial charge in [-0.1, -0.05) is 63.5 Å². The maximum Gasteiger partial charge on any atom is 0.349 e. The second kappa shape index (κ2) is 15.2. The molecule has 0 unspecified atom stereocenters. The van der Waals surface area contributed by atoms with Gasteiger partial charge in [-0.15, -0.1) is 0 Å². The number of halogens is 1. The lowest BCUT2D eigenvalue weighted by Gasteiger charge is -2.27. The first-order valence-electron chi connectivity index (χ1n) is 15.8. The molecule has 262 valence electrons. The van der Waals surface area contributed by atoms with Crippen molar-refractivity contribution in [1.82, 2.24) is 0 Å². The Hall–Kier alpha value is -5.16. The summed E-state index contributed by atoms with van der Waals surface area (Å²) in [5.74, 6) is -4.41. The topological polar surface area (TPSA) is 162 Å². The van der Waals surface area contributed by atoms with E-state index in [-0.39, 0.29) is 22.6 Å². The van der Waals surface area contributed by atoms with Crippen molar-refractivity contribution in [2.45, 2.75) is 72.2 Å². The summed E-state index contributed by atoms with van der Waals surface area (Å²) in [6.07, 6.45) is -4.44. The average Bonchev–Trinajstić information content (AvgIpc) is 3.36. The molecule has 1 heterocycles. The summed E-state index contributed by atoms with van der Waals surface area (Å²) < 4.78 is 17.1. The van der Waals surface area contributed by atoms with Gasteiger partial charge in [0.1, 0.15) is 11.4 Å². The third-order valence-electron chi connectivity index (χ3n) is 8.72. The molecule has 50 heavy (non-hydrogen) atoms. The number of fused-ring (bicyclic) bond motifs is 1. The van der Waals surface area contributed by atoms with E-state index >= 15 is 0 Å². The summed E-state index contributed by atoms with van der Waals surface area (Å²) in [6.45, 7) is 14.2. The number of esters is 2. The number of aryl methyl sites for hydroxylation is 2. The van der Waals surface area contributed by atoms with Gasteiger partial charge in [-0.25, -0.2) is 19.2 Å². The summed E-state index contributed by atoms with van der Waals surface area (Å²) in [5.41, 5.74) is 14.7. The molecule has 11 heteroatoms. The van der Waals surface area contributed by atoms with Crippen LogP contribution >= 0.6 is 15.9 Å². The van der Waals surface area contributed by atoms with Crippen molar-refractivity contribution in [3.8, 4) is 5.75 Å². The van der Waals surface area contributed by atoms with Gasteiger partial charge < -0.3 is 30.2 Å². The second-order valence-corrected chi connectivity index (χ2v) is 13.7. The standard InChI is InChI=1S/C20H18O8.C19H22BrNO/c1-11-3-7-13(8-4-11)19(25)27-15(17(21)22)16(18(23)24)28-20(26)14-9-5-12(2)6-10-14;1-10-11(2)18-15(12(3)17(10)21)16(19(4,5)22-18)13-6-8-14(20)9-7-13/h3-10,15-16H,1-2H3,(H,21,22)(H,23,24);6-9,16H,21H2,1-5H3/t15-,16-;16-/m01/s1. The maximum atomic E-state index is 12.2. The summed E-state index contributed by atoms with van der Waals surface area (Å²) in [5, 5.41) is 18.6. The van der Waals surface area contributed by atoms with Crippen LogP contribution < -0.4 is 10.5 Å². The van der Waals surface area contributed by atoms with Gasteiger partial charge >= 0.3 is 23.9 Å². The Morgan fingerprint density at radius 3 is 1.52 bits per heavy atom. The minimum absolute atomic E-state index is 0.0332. The van der Waals surface area contributed by atoms with Gasteiger partial charge in [-0.3, -0.25) is 0 Å². The zero-order valence-electron chi connectivity index (χ0n) is 28.9. The van der Waals surface area contributed by atoms with E-state index < -0.39 is 36.1 Å². The Kier molecular flexibility index (Phi) is 11.4. The van der Waals surface area contributed by atoms with E-state index in [0.717, 1.165) is 43.7 Å². The van der Waals surface area contributed by atoms with E-state index in [1.165, 1.54) is 35.4 Å². The molecule has 0 aliphatic carbocycles. The first kappa shape index (κ1) is 37.7. The van der Waals surface area contributed by atoms with Crippen molar-refractivity contribution in [2.24, 2.45) is 0 Å². The molecule has 0 bridgehead atoms. The van der Waals surface area contributed by atoms with Crippen molar-refractivity contribution in [1.29, 1.82) is 0 Å². The highest BCUT2D eigenvalue weighted by Gasteiger charge is 2.45. The number of carboxylic acids is 2. The van der Waals surface area contributed by atoms with Crippen LogP contribution in [-0.4, -0.2) is 51.9 Å². The molecule has 5 rings (SSSR count). The van der Waals surface area contributed by atoms with Crippen LogP contribution in [0, 0.1) is 34.6 Å². The number of anilines is 1. The lowest BCUT2D eigenvalue weighted by molar-refractivity contribution is -0.166. The van der Waals surface area contributed by atoms with Crippen LogP contribution in [0.5, 0.6) is 5.75 Å². The highest BCUT2D eigenvalue weighted by molar-refractivity contribution is 9.10. The molecule has 4 aromatic carbocycles. The first-order chi connectivity index (χ1) is 23.4. The summed E-state index contributed by atoms with van der Waals surface area (Å²) in [4.78, 5) is 47.3. The molecule has 0 radical (unpaired) electrons. The van der Waals surface area contributed by atoms with Gasteiger partial charge in [-0.05, 0) is 107 Å². The molecule has 0 saturated carbocycles. The third kappa shape index (κ3) is 8.16. The first-order valence-corrected chi connectivity index (χ1v) is 16.6. The normalized spacial score (nSPS) is 15.3. The maximum absolute atomic E-state index is 12.2. The van der Waals surface area contributed by atoms with E-state index in [4.69, 9.17) is 19.9 Å². The second-order valence-electron chi connectivity index (χ2n) is 12.8. The van der Waals surface area contributed by atoms with Gasteiger partial charge in [0.15, 0.2) is 0 Å². The van der Waals surface area contributed by atoms with Crippen LogP contribution in [0.1, 0.15) is 79.4 Å². The zero-order chi connectivity index (χ0) is 37.1. The fourth-order valence-electron chi connectivity index (χ4n) is 5.77. The number of hydrogen-bond donors (Lipinski definition) is 3. The lowest BCUT2D eigenvalue weighted by Crippen LogP contribution is -2.45. The van der Waals surface area contributed by atoms with Crippen LogP contribution in [-0.2, 0) is 19.1 Å². The SMILES string of the molecule is Cc1c(C)c2c(c(C)c1N)[C@@H](c1ccc(Br)cc1)C(C)(C)O2.Cc1ccc(C(=O)O[C@H](C(=O)O)[C@H](OC(=O)c2ccc(C)cc2)C(=O)O)cc1. The predicted octanol–water partition coefficient (Wildman–Crippen LogP) is 7.48. The van der Waals surface area contributed by atoms with E-state index in [9.17, 15) is 29.4 Å². The van der Waals surface area contributed by atoms with Gasteiger partial charge in [-0.2, -0.15) is 0 Å². The van der Waals surface area contributed by atoms with E-state index in [1.807, 2.05) is 0 Å². The molecule has 4 N–H and O–H groups in total. The molecule has 3 atom stereocenters. The fourth-order valence-corrected chi connectivity index (χ4v) is 6.04. The lowest BCUT2D eigenvalue weighted by atomic mass is 9.78. The average molecular weight is 747 g/mol. The fraction of sp³-hybridized carbons (Fsp3) is 0.282. The number of nitrogens with two attached hydrogens (primary N) is 1. The summed E-state index contributed by atoms with van der Waals surface area (Å²) in [7, 11) is 0. The largest absolute Gasteiger partial charge is 0.486 e. The molecular weight excluding hydrogens is 706 g/mol. The van der Waals surface area contributed by atoms with E-state index in [1.54, 1.807) is 38.1 Å². The Balaban J connectivity index is 0.000000231. The van der Waals surface area contributed by atoms with Crippen molar-refractivity contribution in [3.63, 3.8) is 0 Å². The number of ether oxygens (including phenoxy) is 3. The number of rotatable bonds is 8. The summed E-state index contributed by atoms with van der Waals surface area (Å²) >= 11 is 3.51. The molecule has 0 aromatic heterocycles. The number of nitrogen functional groups attached to an aromatic ring is 1. The van der Waals surface area contributed by atoms with Crippen LogP contribution in [0.15, 0.2) is 77.3 Å². The number of carboxylic acid groups (broad SMARTS) is 2. The van der Waals surface area contributed by atoms with Crippen LogP contribution in [0.4, 0.5) is 5.69 Å². The number of aliphatic carboxylic acids is 2. The van der Waals surface area contributed by atoms with Crippen molar-refractivity contribution < 1.29 is 43.6 Å². The minimum atomic E-state index is -2.22. The zero-order valence-corrected chi connectivity index (χ0v) is 30.5. The highest BCUT2D eigenvalue weighted by Crippen LogP contribution is 2.53. The predicted molar refractivity (Wildman–Crippen MR) is 192 cm³/mol. The smallest absolute Gasteiger partial charge is 0.349 e. The highest BCUT2D eigenvalue weighted by atomic mass is 79.9. The van der Waals surface area contributed by atoms with Crippen molar-refractivity contribution in [3.05, 3.63) is 127 Å². The van der Waals surface area contributed by atoms with Gasteiger partial charge in [0, 0.05) is 15.7 Å². The Morgan fingerprint density at radius 2 is 1.12 bits per heavy atom. The summed E-state index contributed by atoms with van der Waals surface area (Å²) in [6, 6.07) is 20.6. The molecule has 1 aliphatic rings. The molecular formula is C39H40BrNO9. The molecule has 0 amide bonds. The van der Waals surface area contributed by atoms with E-state index in [2.05, 4.69) is 74.8 Å². The number of carbonyl (C=O) groups excluding carboxylic acids is 2. The van der Waals surface area contributed by atoms with Crippen molar-refractivity contribution >= 4 is 45.5 Å². The van der Waals surface area contributed by atoms with Crippen LogP contribution in [0.2, 0.25) is 0 Å². The van der Waals surface area contributed by atoms with Crippen LogP contribution in [0.3, 0.4) is 0 Å². The Morgan fingerprint density at radius 1 is 0.700 bits per heavy atom. The Labute approximate surface area is 299 Å². The number of benzene rings is 4. The molecule has 0 spiro atoms.